The summed E-state index contributed by atoms with van der Waals surface area (Å²) in [5, 5.41) is 1.00. The predicted octanol–water partition coefficient (Wildman–Crippen LogP) is 3.41. The lowest BCUT2D eigenvalue weighted by Gasteiger charge is -2.30. The first kappa shape index (κ1) is 16.1. The number of halogens is 2. The number of esters is 1. The molecule has 1 heterocycles. The zero-order valence-corrected chi connectivity index (χ0v) is 13.3. The first-order valence-corrected chi connectivity index (χ1v) is 7.46. The molecule has 0 spiro atoms. The van der Waals surface area contributed by atoms with Crippen molar-refractivity contribution in [2.75, 3.05) is 37.8 Å². The Morgan fingerprint density at radius 2 is 2.10 bits per heavy atom. The number of anilines is 1. The number of morpholine rings is 1. The van der Waals surface area contributed by atoms with Crippen molar-refractivity contribution in [1.82, 2.24) is 0 Å². The minimum atomic E-state index is -0.315. The zero-order valence-electron chi connectivity index (χ0n) is 11.8. The molecular weight excluding hydrogens is 313 g/mol. The Bertz CT molecular complexity index is 540. The Balaban J connectivity index is 2.23. The van der Waals surface area contributed by atoms with E-state index >= 15 is 0 Å². The minimum absolute atomic E-state index is 0.209. The SMILES string of the molecule is CC(=O)OC/C=C/c1c(N2CCOCC2)ccc(Cl)c1Cl. The van der Waals surface area contributed by atoms with E-state index in [1.165, 1.54) is 6.92 Å². The Kier molecular flexibility index (Phi) is 5.91. The molecule has 1 aliphatic heterocycles. The highest BCUT2D eigenvalue weighted by Gasteiger charge is 2.16. The normalized spacial score (nSPS) is 15.5. The molecule has 0 atom stereocenters. The van der Waals surface area contributed by atoms with Crippen molar-refractivity contribution >= 4 is 40.9 Å². The largest absolute Gasteiger partial charge is 0.462 e. The highest BCUT2D eigenvalue weighted by Crippen LogP contribution is 2.35. The second-order valence-electron chi connectivity index (χ2n) is 4.60. The number of ether oxygens (including phenoxy) is 2. The molecule has 1 aromatic carbocycles. The molecule has 1 aromatic rings. The lowest BCUT2D eigenvalue weighted by atomic mass is 10.1. The summed E-state index contributed by atoms with van der Waals surface area (Å²) in [6, 6.07) is 3.74. The van der Waals surface area contributed by atoms with Crippen molar-refractivity contribution in [3.8, 4) is 0 Å². The third kappa shape index (κ3) is 4.37. The highest BCUT2D eigenvalue weighted by molar-refractivity contribution is 6.43. The van der Waals surface area contributed by atoms with E-state index < -0.39 is 0 Å². The summed E-state index contributed by atoms with van der Waals surface area (Å²) in [6.07, 6.45) is 3.59. The molecule has 21 heavy (non-hydrogen) atoms. The molecule has 0 saturated carbocycles. The topological polar surface area (TPSA) is 38.8 Å². The standard InChI is InChI=1S/C15H17Cl2NO3/c1-11(19)21-8-2-3-12-14(5-4-13(16)15(12)17)18-6-9-20-10-7-18/h2-5H,6-10H2,1H3/b3-2+. The number of nitrogens with zero attached hydrogens (tertiary/aromatic N) is 1. The van der Waals surface area contributed by atoms with Gasteiger partial charge in [-0.3, -0.25) is 4.79 Å². The van der Waals surface area contributed by atoms with Gasteiger partial charge in [-0.1, -0.05) is 29.3 Å². The number of carbonyl (C=O) groups is 1. The van der Waals surface area contributed by atoms with Gasteiger partial charge in [0.25, 0.3) is 0 Å². The number of hydrogen-bond donors (Lipinski definition) is 0. The zero-order chi connectivity index (χ0) is 15.2. The lowest BCUT2D eigenvalue weighted by molar-refractivity contribution is -0.139. The molecule has 0 aromatic heterocycles. The molecular formula is C15H17Cl2NO3. The molecule has 0 unspecified atom stereocenters. The van der Waals surface area contributed by atoms with Gasteiger partial charge in [-0.15, -0.1) is 0 Å². The van der Waals surface area contributed by atoms with Gasteiger partial charge in [0, 0.05) is 31.3 Å². The molecule has 6 heteroatoms. The van der Waals surface area contributed by atoms with Gasteiger partial charge in [-0.05, 0) is 18.2 Å². The van der Waals surface area contributed by atoms with E-state index in [1.54, 1.807) is 12.1 Å². The maximum Gasteiger partial charge on any atom is 0.302 e. The van der Waals surface area contributed by atoms with E-state index in [4.69, 9.17) is 32.7 Å². The van der Waals surface area contributed by atoms with Gasteiger partial charge in [0.2, 0.25) is 0 Å². The monoisotopic (exact) mass is 329 g/mol. The Hall–Kier alpha value is -1.23. The van der Waals surface area contributed by atoms with Crippen LogP contribution in [0.5, 0.6) is 0 Å². The molecule has 0 amide bonds. The minimum Gasteiger partial charge on any atom is -0.462 e. The van der Waals surface area contributed by atoms with Gasteiger partial charge in [0.15, 0.2) is 0 Å². The molecule has 1 fully saturated rings. The van der Waals surface area contributed by atoms with Crippen LogP contribution >= 0.6 is 23.2 Å². The maximum atomic E-state index is 10.8. The predicted molar refractivity (Wildman–Crippen MR) is 85.2 cm³/mol. The van der Waals surface area contributed by atoms with Crippen LogP contribution in [0.3, 0.4) is 0 Å². The molecule has 0 bridgehead atoms. The average molecular weight is 330 g/mol. The average Bonchev–Trinajstić information content (AvgIpc) is 2.48. The van der Waals surface area contributed by atoms with Crippen LogP contribution in [-0.2, 0) is 14.3 Å². The molecule has 0 radical (unpaired) electrons. The Labute approximate surface area is 134 Å². The summed E-state index contributed by atoms with van der Waals surface area (Å²) in [4.78, 5) is 13.0. The fraction of sp³-hybridized carbons (Fsp3) is 0.400. The Morgan fingerprint density at radius 3 is 2.76 bits per heavy atom. The van der Waals surface area contributed by atoms with E-state index in [9.17, 15) is 4.79 Å². The smallest absolute Gasteiger partial charge is 0.302 e. The van der Waals surface area contributed by atoms with Gasteiger partial charge in [-0.25, -0.2) is 0 Å². The highest BCUT2D eigenvalue weighted by atomic mass is 35.5. The van der Waals surface area contributed by atoms with E-state index in [0.717, 1.165) is 24.3 Å². The molecule has 0 N–H and O–H groups in total. The summed E-state index contributed by atoms with van der Waals surface area (Å²) in [5.74, 6) is -0.315. The number of hydrogen-bond acceptors (Lipinski definition) is 4. The van der Waals surface area contributed by atoms with Crippen LogP contribution < -0.4 is 4.90 Å². The van der Waals surface area contributed by atoms with Crippen molar-refractivity contribution in [1.29, 1.82) is 0 Å². The molecule has 2 rings (SSSR count). The number of carbonyl (C=O) groups excluding carboxylic acids is 1. The summed E-state index contributed by atoms with van der Waals surface area (Å²) < 4.78 is 10.2. The third-order valence-electron chi connectivity index (χ3n) is 3.13. The van der Waals surface area contributed by atoms with Crippen molar-refractivity contribution < 1.29 is 14.3 Å². The summed E-state index contributed by atoms with van der Waals surface area (Å²) in [7, 11) is 0. The van der Waals surface area contributed by atoms with Crippen LogP contribution in [0.25, 0.3) is 6.08 Å². The number of rotatable bonds is 4. The fourth-order valence-corrected chi connectivity index (χ4v) is 2.51. The van der Waals surface area contributed by atoms with Crippen LogP contribution in [0.1, 0.15) is 12.5 Å². The second kappa shape index (κ2) is 7.69. The fourth-order valence-electron chi connectivity index (χ4n) is 2.13. The maximum absolute atomic E-state index is 10.8. The van der Waals surface area contributed by atoms with Crippen molar-refractivity contribution in [3.63, 3.8) is 0 Å². The molecule has 114 valence electrons. The van der Waals surface area contributed by atoms with E-state index in [2.05, 4.69) is 4.90 Å². The first-order valence-electron chi connectivity index (χ1n) is 6.70. The summed E-state index contributed by atoms with van der Waals surface area (Å²) in [6.45, 7) is 4.58. The molecule has 4 nitrogen and oxygen atoms in total. The van der Waals surface area contributed by atoms with Gasteiger partial charge in [-0.2, -0.15) is 0 Å². The molecule has 1 aliphatic rings. The van der Waals surface area contributed by atoms with Crippen molar-refractivity contribution in [3.05, 3.63) is 33.8 Å². The van der Waals surface area contributed by atoms with Gasteiger partial charge in [0.05, 0.1) is 23.3 Å². The second-order valence-corrected chi connectivity index (χ2v) is 5.38. The van der Waals surface area contributed by atoms with Crippen LogP contribution in [0.2, 0.25) is 10.0 Å². The van der Waals surface area contributed by atoms with Gasteiger partial charge < -0.3 is 14.4 Å². The van der Waals surface area contributed by atoms with Crippen LogP contribution in [-0.4, -0.2) is 38.9 Å². The van der Waals surface area contributed by atoms with Crippen LogP contribution in [0, 0.1) is 0 Å². The van der Waals surface area contributed by atoms with Crippen LogP contribution in [0.15, 0.2) is 18.2 Å². The molecule has 0 aliphatic carbocycles. The first-order chi connectivity index (χ1) is 10.1. The number of benzene rings is 1. The van der Waals surface area contributed by atoms with Gasteiger partial charge in [0.1, 0.15) is 6.61 Å². The summed E-state index contributed by atoms with van der Waals surface area (Å²) >= 11 is 12.4. The third-order valence-corrected chi connectivity index (χ3v) is 3.95. The van der Waals surface area contributed by atoms with E-state index in [-0.39, 0.29) is 12.6 Å². The van der Waals surface area contributed by atoms with Gasteiger partial charge >= 0.3 is 5.97 Å². The summed E-state index contributed by atoms with van der Waals surface area (Å²) in [5.41, 5.74) is 1.84. The van der Waals surface area contributed by atoms with E-state index in [0.29, 0.717) is 23.3 Å². The van der Waals surface area contributed by atoms with Crippen LogP contribution in [0.4, 0.5) is 5.69 Å². The Morgan fingerprint density at radius 1 is 1.38 bits per heavy atom. The quantitative estimate of drug-likeness (QED) is 0.793. The van der Waals surface area contributed by atoms with E-state index in [1.807, 2.05) is 12.1 Å². The van der Waals surface area contributed by atoms with Crippen molar-refractivity contribution in [2.24, 2.45) is 0 Å². The lowest BCUT2D eigenvalue weighted by Crippen LogP contribution is -2.36. The molecule has 1 saturated heterocycles. The van der Waals surface area contributed by atoms with Crippen molar-refractivity contribution in [2.45, 2.75) is 6.92 Å².